The maximum absolute atomic E-state index is 12.2. The summed E-state index contributed by atoms with van der Waals surface area (Å²) >= 11 is 1.26. The van der Waals surface area contributed by atoms with Crippen LogP contribution >= 0.6 is 11.3 Å². The van der Waals surface area contributed by atoms with Crippen LogP contribution in [0.25, 0.3) is 6.08 Å². The predicted octanol–water partition coefficient (Wildman–Crippen LogP) is 3.62. The van der Waals surface area contributed by atoms with Gasteiger partial charge in [-0.15, -0.1) is 11.3 Å². The monoisotopic (exact) mass is 278 g/mol. The maximum Gasteiger partial charge on any atom is 0.193 e. The summed E-state index contributed by atoms with van der Waals surface area (Å²) in [6, 6.07) is 13.1. The van der Waals surface area contributed by atoms with Crippen molar-refractivity contribution in [3.05, 3.63) is 59.5 Å². The molecule has 2 nitrogen and oxygen atoms in total. The SMILES string of the molecule is CC(/C=C/c1ccccc1)S(=O)(=O)c1cccs1. The van der Waals surface area contributed by atoms with Crippen LogP contribution in [-0.4, -0.2) is 13.7 Å². The fraction of sp³-hybridized carbons (Fsp3) is 0.143. The van der Waals surface area contributed by atoms with Crippen LogP contribution in [0.2, 0.25) is 0 Å². The van der Waals surface area contributed by atoms with Crippen LogP contribution in [0.1, 0.15) is 12.5 Å². The molecule has 1 atom stereocenters. The van der Waals surface area contributed by atoms with Gasteiger partial charge in [0.15, 0.2) is 9.84 Å². The van der Waals surface area contributed by atoms with Crippen LogP contribution in [-0.2, 0) is 9.84 Å². The van der Waals surface area contributed by atoms with E-state index in [0.717, 1.165) is 5.56 Å². The van der Waals surface area contributed by atoms with E-state index in [4.69, 9.17) is 0 Å². The molecule has 0 radical (unpaired) electrons. The summed E-state index contributed by atoms with van der Waals surface area (Å²) in [5.41, 5.74) is 1.01. The first-order chi connectivity index (χ1) is 8.60. The van der Waals surface area contributed by atoms with Crippen molar-refractivity contribution >= 4 is 27.3 Å². The molecule has 0 fully saturated rings. The topological polar surface area (TPSA) is 34.1 Å². The minimum atomic E-state index is -3.23. The molecule has 0 bridgehead atoms. The smallest absolute Gasteiger partial charge is 0.193 e. The molecule has 94 valence electrons. The molecule has 0 spiro atoms. The van der Waals surface area contributed by atoms with Gasteiger partial charge in [0.2, 0.25) is 0 Å². The third-order valence-corrected chi connectivity index (χ3v) is 6.10. The average Bonchev–Trinajstić information content (AvgIpc) is 2.91. The van der Waals surface area contributed by atoms with E-state index in [-0.39, 0.29) is 0 Å². The summed E-state index contributed by atoms with van der Waals surface area (Å²) in [4.78, 5) is 0. The van der Waals surface area contributed by atoms with Crippen LogP contribution < -0.4 is 0 Å². The van der Waals surface area contributed by atoms with E-state index >= 15 is 0 Å². The van der Waals surface area contributed by atoms with Gasteiger partial charge in [-0.1, -0.05) is 48.6 Å². The molecule has 0 aliphatic heterocycles. The van der Waals surface area contributed by atoms with Crippen molar-refractivity contribution in [2.24, 2.45) is 0 Å². The minimum Gasteiger partial charge on any atom is -0.222 e. The quantitative estimate of drug-likeness (QED) is 0.856. The lowest BCUT2D eigenvalue weighted by Gasteiger charge is -2.06. The molecule has 1 heterocycles. The highest BCUT2D eigenvalue weighted by Gasteiger charge is 2.21. The largest absolute Gasteiger partial charge is 0.222 e. The Kier molecular flexibility index (Phi) is 3.99. The van der Waals surface area contributed by atoms with E-state index in [0.29, 0.717) is 4.21 Å². The molecule has 2 rings (SSSR count). The van der Waals surface area contributed by atoms with Gasteiger partial charge in [0, 0.05) is 0 Å². The number of hydrogen-bond acceptors (Lipinski definition) is 3. The Hall–Kier alpha value is -1.39. The summed E-state index contributed by atoms with van der Waals surface area (Å²) in [6.07, 6.45) is 3.57. The van der Waals surface area contributed by atoms with Gasteiger partial charge in [0.1, 0.15) is 4.21 Å². The first kappa shape index (κ1) is 13.1. The summed E-state index contributed by atoms with van der Waals surface area (Å²) in [7, 11) is -3.23. The third kappa shape index (κ3) is 2.89. The van der Waals surface area contributed by atoms with Crippen molar-refractivity contribution in [2.45, 2.75) is 16.4 Å². The Bertz CT molecular complexity index is 611. The third-order valence-electron chi connectivity index (χ3n) is 2.62. The standard InChI is InChI=1S/C14H14O2S2/c1-12(9-10-13-6-3-2-4-7-13)18(15,16)14-8-5-11-17-14/h2-12H,1H3/b10-9+. The van der Waals surface area contributed by atoms with Crippen LogP contribution in [0.4, 0.5) is 0 Å². The molecule has 0 aliphatic rings. The average molecular weight is 278 g/mol. The predicted molar refractivity (Wildman–Crippen MR) is 76.4 cm³/mol. The summed E-state index contributed by atoms with van der Waals surface area (Å²) in [6.45, 7) is 1.70. The molecule has 1 aromatic carbocycles. The van der Waals surface area contributed by atoms with Crippen LogP contribution in [0.5, 0.6) is 0 Å². The lowest BCUT2D eigenvalue weighted by atomic mass is 10.2. The second-order valence-corrected chi connectivity index (χ2v) is 7.43. The van der Waals surface area contributed by atoms with Crippen LogP contribution in [0.15, 0.2) is 58.1 Å². The van der Waals surface area contributed by atoms with E-state index < -0.39 is 15.1 Å². The van der Waals surface area contributed by atoms with E-state index in [1.54, 1.807) is 30.5 Å². The van der Waals surface area contributed by atoms with Crippen molar-refractivity contribution in [3.63, 3.8) is 0 Å². The zero-order chi connectivity index (χ0) is 13.0. The minimum absolute atomic E-state index is 0.424. The van der Waals surface area contributed by atoms with Gasteiger partial charge < -0.3 is 0 Å². The highest BCUT2D eigenvalue weighted by atomic mass is 32.2. The molecule has 4 heteroatoms. The van der Waals surface area contributed by atoms with Crippen LogP contribution in [0, 0.1) is 0 Å². The Morgan fingerprint density at radius 3 is 2.44 bits per heavy atom. The molecular formula is C14H14O2S2. The fourth-order valence-electron chi connectivity index (χ4n) is 1.52. The molecule has 2 aromatic rings. The van der Waals surface area contributed by atoms with Crippen molar-refractivity contribution in [3.8, 4) is 0 Å². The van der Waals surface area contributed by atoms with E-state index in [2.05, 4.69) is 0 Å². The number of hydrogen-bond donors (Lipinski definition) is 0. The van der Waals surface area contributed by atoms with Gasteiger partial charge >= 0.3 is 0 Å². The van der Waals surface area contributed by atoms with Gasteiger partial charge in [-0.2, -0.15) is 0 Å². The van der Waals surface area contributed by atoms with Gasteiger partial charge in [0.05, 0.1) is 5.25 Å². The summed E-state index contributed by atoms with van der Waals surface area (Å²) in [5, 5.41) is 1.26. The number of benzene rings is 1. The molecule has 18 heavy (non-hydrogen) atoms. The van der Waals surface area contributed by atoms with Gasteiger partial charge in [-0.3, -0.25) is 0 Å². The molecule has 0 aliphatic carbocycles. The van der Waals surface area contributed by atoms with Crippen LogP contribution in [0.3, 0.4) is 0 Å². The zero-order valence-electron chi connectivity index (χ0n) is 9.98. The highest BCUT2D eigenvalue weighted by molar-refractivity contribution is 7.94. The van der Waals surface area contributed by atoms with Crippen molar-refractivity contribution in [1.82, 2.24) is 0 Å². The lowest BCUT2D eigenvalue weighted by Crippen LogP contribution is -2.14. The first-order valence-corrected chi connectivity index (χ1v) is 8.04. The normalized spacial score (nSPS) is 13.8. The highest BCUT2D eigenvalue weighted by Crippen LogP contribution is 2.22. The Balaban J connectivity index is 2.18. The first-order valence-electron chi connectivity index (χ1n) is 5.61. The molecule has 1 aromatic heterocycles. The molecule has 0 saturated heterocycles. The van der Waals surface area contributed by atoms with Crippen molar-refractivity contribution < 1.29 is 8.42 Å². The molecule has 0 N–H and O–H groups in total. The number of sulfone groups is 1. The Morgan fingerprint density at radius 2 is 1.83 bits per heavy atom. The van der Waals surface area contributed by atoms with Crippen molar-refractivity contribution in [1.29, 1.82) is 0 Å². The maximum atomic E-state index is 12.2. The Morgan fingerprint density at radius 1 is 1.11 bits per heavy atom. The van der Waals surface area contributed by atoms with E-state index in [1.807, 2.05) is 36.4 Å². The fourth-order valence-corrected chi connectivity index (χ4v) is 4.05. The van der Waals surface area contributed by atoms with Gasteiger partial charge in [0.25, 0.3) is 0 Å². The van der Waals surface area contributed by atoms with Gasteiger partial charge in [-0.25, -0.2) is 8.42 Å². The van der Waals surface area contributed by atoms with E-state index in [1.165, 1.54) is 11.3 Å². The second kappa shape index (κ2) is 5.50. The Labute approximate surface area is 112 Å². The molecule has 0 amide bonds. The van der Waals surface area contributed by atoms with E-state index in [9.17, 15) is 8.42 Å². The summed E-state index contributed by atoms with van der Waals surface area (Å²) < 4.78 is 24.8. The number of thiophene rings is 1. The molecule has 1 unspecified atom stereocenters. The summed E-state index contributed by atoms with van der Waals surface area (Å²) in [5.74, 6) is 0. The zero-order valence-corrected chi connectivity index (χ0v) is 11.6. The molecular weight excluding hydrogens is 264 g/mol. The van der Waals surface area contributed by atoms with Crippen molar-refractivity contribution in [2.75, 3.05) is 0 Å². The van der Waals surface area contributed by atoms with Gasteiger partial charge in [-0.05, 0) is 23.9 Å². The number of rotatable bonds is 4. The molecule has 0 saturated carbocycles. The lowest BCUT2D eigenvalue weighted by molar-refractivity contribution is 0.593. The second-order valence-electron chi connectivity index (χ2n) is 3.95.